The molecule has 0 aliphatic carbocycles. The molecule has 0 heterocycles. The van der Waals surface area contributed by atoms with Crippen LogP contribution >= 0.6 is 0 Å². The Kier molecular flexibility index (Phi) is 6.20. The summed E-state index contributed by atoms with van der Waals surface area (Å²) in [4.78, 5) is 10.6. The summed E-state index contributed by atoms with van der Waals surface area (Å²) in [6.45, 7) is 5.92. The van der Waals surface area contributed by atoms with Gasteiger partial charge in [-0.25, -0.2) is 4.79 Å². The van der Waals surface area contributed by atoms with E-state index in [1.165, 1.54) is 7.11 Å². The summed E-state index contributed by atoms with van der Waals surface area (Å²) in [7, 11) is 1.28. The van der Waals surface area contributed by atoms with E-state index in [-0.39, 0.29) is 0 Å². The van der Waals surface area contributed by atoms with E-state index in [2.05, 4.69) is 4.74 Å². The fourth-order valence-corrected chi connectivity index (χ4v) is 0.817. The van der Waals surface area contributed by atoms with Crippen LogP contribution in [0.4, 0.5) is 4.79 Å². The molecule has 1 rings (SSSR count). The topological polar surface area (TPSA) is 35.5 Å². The molecule has 0 amide bonds. The van der Waals surface area contributed by atoms with Crippen molar-refractivity contribution in [2.75, 3.05) is 7.11 Å². The van der Waals surface area contributed by atoms with E-state index in [9.17, 15) is 4.79 Å². The van der Waals surface area contributed by atoms with Gasteiger partial charge in [-0.1, -0.05) is 26.0 Å². The molecule has 0 N–H and O–H groups in total. The molecule has 0 unspecified atom stereocenters. The third-order valence-electron chi connectivity index (χ3n) is 1.36. The summed E-state index contributed by atoms with van der Waals surface area (Å²) in [6.07, 6.45) is -0.694. The standard InChI is InChI=1S/C9H10O3.C2H6/c1-7-4-3-5-8(6-7)12-9(10)11-2;1-2/h3-6H,1-2H3;1-2H3. The Balaban J connectivity index is 0.000000791. The van der Waals surface area contributed by atoms with E-state index in [1.54, 1.807) is 12.1 Å². The van der Waals surface area contributed by atoms with Crippen LogP contribution in [0.1, 0.15) is 19.4 Å². The van der Waals surface area contributed by atoms with Gasteiger partial charge in [0.05, 0.1) is 7.11 Å². The molecular formula is C11H16O3. The van der Waals surface area contributed by atoms with Crippen molar-refractivity contribution in [1.82, 2.24) is 0 Å². The van der Waals surface area contributed by atoms with Gasteiger partial charge in [-0.15, -0.1) is 0 Å². The smallest absolute Gasteiger partial charge is 0.437 e. The third-order valence-corrected chi connectivity index (χ3v) is 1.36. The van der Waals surface area contributed by atoms with Crippen molar-refractivity contribution in [2.24, 2.45) is 0 Å². The van der Waals surface area contributed by atoms with Gasteiger partial charge in [0.15, 0.2) is 0 Å². The molecule has 1 aromatic rings. The number of aryl methyl sites for hydroxylation is 1. The third kappa shape index (κ3) is 4.50. The van der Waals surface area contributed by atoms with Gasteiger partial charge in [0.1, 0.15) is 5.75 Å². The van der Waals surface area contributed by atoms with E-state index in [1.807, 2.05) is 32.9 Å². The predicted octanol–water partition coefficient (Wildman–Crippen LogP) is 3.17. The molecule has 78 valence electrons. The highest BCUT2D eigenvalue weighted by Gasteiger charge is 2.01. The van der Waals surface area contributed by atoms with Crippen LogP contribution in [-0.4, -0.2) is 13.3 Å². The Morgan fingerprint density at radius 1 is 1.29 bits per heavy atom. The molecular weight excluding hydrogens is 180 g/mol. The maximum Gasteiger partial charge on any atom is 0.513 e. The number of benzene rings is 1. The van der Waals surface area contributed by atoms with Crippen molar-refractivity contribution < 1.29 is 14.3 Å². The molecule has 0 fully saturated rings. The van der Waals surface area contributed by atoms with E-state index in [0.29, 0.717) is 5.75 Å². The molecule has 0 saturated carbocycles. The predicted molar refractivity (Wildman–Crippen MR) is 55.6 cm³/mol. The number of carbonyl (C=O) groups excluding carboxylic acids is 1. The number of ether oxygens (including phenoxy) is 2. The van der Waals surface area contributed by atoms with Crippen LogP contribution in [0, 0.1) is 6.92 Å². The maximum absolute atomic E-state index is 10.6. The van der Waals surface area contributed by atoms with Crippen molar-refractivity contribution in [2.45, 2.75) is 20.8 Å². The van der Waals surface area contributed by atoms with Gasteiger partial charge in [0, 0.05) is 0 Å². The summed E-state index contributed by atoms with van der Waals surface area (Å²) < 4.78 is 9.12. The average molecular weight is 196 g/mol. The highest BCUT2D eigenvalue weighted by atomic mass is 16.7. The molecule has 0 aliphatic rings. The first-order chi connectivity index (χ1) is 6.72. The molecule has 0 bridgehead atoms. The molecule has 14 heavy (non-hydrogen) atoms. The lowest BCUT2D eigenvalue weighted by atomic mass is 10.2. The van der Waals surface area contributed by atoms with E-state index in [0.717, 1.165) is 5.56 Å². The maximum atomic E-state index is 10.6. The van der Waals surface area contributed by atoms with Crippen molar-refractivity contribution in [3.8, 4) is 5.75 Å². The second-order valence-corrected chi connectivity index (χ2v) is 2.37. The zero-order valence-corrected chi connectivity index (χ0v) is 9.03. The zero-order valence-electron chi connectivity index (χ0n) is 9.03. The van der Waals surface area contributed by atoms with Crippen molar-refractivity contribution in [3.05, 3.63) is 29.8 Å². The normalized spacial score (nSPS) is 8.29. The van der Waals surface area contributed by atoms with Crippen LogP contribution < -0.4 is 4.74 Å². The Labute approximate surface area is 84.7 Å². The van der Waals surface area contributed by atoms with Gasteiger partial charge in [-0.05, 0) is 24.6 Å². The monoisotopic (exact) mass is 196 g/mol. The number of rotatable bonds is 1. The summed E-state index contributed by atoms with van der Waals surface area (Å²) in [5.74, 6) is 0.502. The Morgan fingerprint density at radius 2 is 1.93 bits per heavy atom. The van der Waals surface area contributed by atoms with Crippen LogP contribution in [0.2, 0.25) is 0 Å². The Morgan fingerprint density at radius 3 is 2.43 bits per heavy atom. The number of carbonyl (C=O) groups is 1. The van der Waals surface area contributed by atoms with Crippen LogP contribution in [-0.2, 0) is 4.74 Å². The molecule has 0 spiro atoms. The second-order valence-electron chi connectivity index (χ2n) is 2.37. The van der Waals surface area contributed by atoms with Gasteiger partial charge < -0.3 is 9.47 Å². The molecule has 0 aliphatic heterocycles. The van der Waals surface area contributed by atoms with Crippen LogP contribution in [0.3, 0.4) is 0 Å². The van der Waals surface area contributed by atoms with Crippen LogP contribution in [0.15, 0.2) is 24.3 Å². The quantitative estimate of drug-likeness (QED) is 0.511. The van der Waals surface area contributed by atoms with E-state index in [4.69, 9.17) is 4.74 Å². The number of hydrogen-bond donors (Lipinski definition) is 0. The van der Waals surface area contributed by atoms with Crippen molar-refractivity contribution >= 4 is 6.16 Å². The minimum Gasteiger partial charge on any atom is -0.437 e. The molecule has 0 atom stereocenters. The van der Waals surface area contributed by atoms with Crippen molar-refractivity contribution in [3.63, 3.8) is 0 Å². The minimum absolute atomic E-state index is 0.502. The molecule has 0 saturated heterocycles. The average Bonchev–Trinajstić information content (AvgIpc) is 2.21. The number of methoxy groups -OCH3 is 1. The Hall–Kier alpha value is -1.51. The fraction of sp³-hybridized carbons (Fsp3) is 0.364. The lowest BCUT2D eigenvalue weighted by Crippen LogP contribution is -2.06. The molecule has 3 nitrogen and oxygen atoms in total. The summed E-state index contributed by atoms with van der Waals surface area (Å²) in [5.41, 5.74) is 1.04. The Bertz CT molecular complexity index is 282. The second kappa shape index (κ2) is 6.95. The lowest BCUT2D eigenvalue weighted by Gasteiger charge is -2.01. The lowest BCUT2D eigenvalue weighted by molar-refractivity contribution is 0.121. The number of hydrogen-bond acceptors (Lipinski definition) is 3. The SMILES string of the molecule is CC.COC(=O)Oc1cccc(C)c1. The van der Waals surface area contributed by atoms with Gasteiger partial charge in [0.2, 0.25) is 0 Å². The molecule has 0 radical (unpaired) electrons. The first-order valence-electron chi connectivity index (χ1n) is 4.55. The molecule has 0 aromatic heterocycles. The van der Waals surface area contributed by atoms with Gasteiger partial charge in [-0.2, -0.15) is 0 Å². The highest BCUT2D eigenvalue weighted by Crippen LogP contribution is 2.12. The zero-order chi connectivity index (χ0) is 11.0. The van der Waals surface area contributed by atoms with Crippen LogP contribution in [0.5, 0.6) is 5.75 Å². The van der Waals surface area contributed by atoms with Crippen molar-refractivity contribution in [1.29, 1.82) is 0 Å². The summed E-state index contributed by atoms with van der Waals surface area (Å²) >= 11 is 0. The van der Waals surface area contributed by atoms with Gasteiger partial charge in [0.25, 0.3) is 0 Å². The van der Waals surface area contributed by atoms with Gasteiger partial charge >= 0.3 is 6.16 Å². The highest BCUT2D eigenvalue weighted by molar-refractivity contribution is 5.63. The molecule has 1 aromatic carbocycles. The summed E-state index contributed by atoms with van der Waals surface area (Å²) in [6, 6.07) is 7.19. The van der Waals surface area contributed by atoms with Gasteiger partial charge in [-0.3, -0.25) is 0 Å². The molecule has 3 heteroatoms. The van der Waals surface area contributed by atoms with Crippen LogP contribution in [0.25, 0.3) is 0 Å². The van der Waals surface area contributed by atoms with E-state index < -0.39 is 6.16 Å². The van der Waals surface area contributed by atoms with E-state index >= 15 is 0 Å². The first kappa shape index (κ1) is 12.5. The minimum atomic E-state index is -0.694. The first-order valence-corrected chi connectivity index (χ1v) is 4.55. The fourth-order valence-electron chi connectivity index (χ4n) is 0.817. The summed E-state index contributed by atoms with van der Waals surface area (Å²) in [5, 5.41) is 0. The largest absolute Gasteiger partial charge is 0.513 e.